The van der Waals surface area contributed by atoms with Crippen LogP contribution >= 0.6 is 0 Å². The zero-order valence-electron chi connectivity index (χ0n) is 11.8. The number of ether oxygens (including phenoxy) is 2. The molecule has 0 amide bonds. The fourth-order valence-corrected chi connectivity index (χ4v) is 2.70. The number of primary sulfonamides is 1. The maximum atomic E-state index is 11.1. The van der Waals surface area contributed by atoms with Crippen molar-refractivity contribution in [2.75, 3.05) is 19.5 Å². The van der Waals surface area contributed by atoms with Gasteiger partial charge in [-0.3, -0.25) is 10.1 Å². The minimum absolute atomic E-state index is 0.0279. The summed E-state index contributed by atoms with van der Waals surface area (Å²) in [5.41, 5.74) is -0.236. The second kappa shape index (κ2) is 7.23. The Labute approximate surface area is 123 Å². The van der Waals surface area contributed by atoms with Crippen LogP contribution in [0.15, 0.2) is 18.2 Å². The first-order valence-electron chi connectivity index (χ1n) is 6.22. The molecular formula is C12H18N2O6S. The van der Waals surface area contributed by atoms with Gasteiger partial charge in [-0.2, -0.15) is 0 Å². The molecule has 0 fully saturated rings. The van der Waals surface area contributed by atoms with Crippen LogP contribution in [0.25, 0.3) is 0 Å². The van der Waals surface area contributed by atoms with Crippen molar-refractivity contribution >= 4 is 15.7 Å². The molecule has 0 radical (unpaired) electrons. The van der Waals surface area contributed by atoms with Crippen molar-refractivity contribution in [2.24, 2.45) is 11.1 Å². The van der Waals surface area contributed by atoms with Crippen LogP contribution in [0, 0.1) is 16.0 Å². The number of hydrogen-bond donors (Lipinski definition) is 1. The van der Waals surface area contributed by atoms with Crippen molar-refractivity contribution in [3.8, 4) is 11.5 Å². The van der Waals surface area contributed by atoms with E-state index in [-0.39, 0.29) is 29.7 Å². The molecule has 2 N–H and O–H groups in total. The molecule has 21 heavy (non-hydrogen) atoms. The summed E-state index contributed by atoms with van der Waals surface area (Å²) in [5.74, 6) is -0.158. The monoisotopic (exact) mass is 318 g/mol. The van der Waals surface area contributed by atoms with Crippen LogP contribution < -0.4 is 14.6 Å². The Balaban J connectivity index is 2.85. The van der Waals surface area contributed by atoms with Crippen LogP contribution in [-0.2, 0) is 10.0 Å². The van der Waals surface area contributed by atoms with Crippen LogP contribution in [0.2, 0.25) is 0 Å². The summed E-state index contributed by atoms with van der Waals surface area (Å²) in [6, 6.07) is 4.19. The molecule has 8 nitrogen and oxygen atoms in total. The van der Waals surface area contributed by atoms with Gasteiger partial charge in [-0.15, -0.1) is 0 Å². The molecule has 1 rings (SSSR count). The molecule has 0 saturated carbocycles. The Morgan fingerprint density at radius 1 is 1.43 bits per heavy atom. The van der Waals surface area contributed by atoms with E-state index in [1.54, 1.807) is 6.92 Å². The van der Waals surface area contributed by atoms with E-state index in [1.165, 1.54) is 25.3 Å². The molecule has 0 heterocycles. The van der Waals surface area contributed by atoms with E-state index < -0.39 is 14.9 Å². The highest BCUT2D eigenvalue weighted by Crippen LogP contribution is 2.31. The van der Waals surface area contributed by atoms with Gasteiger partial charge in [0, 0.05) is 5.92 Å². The van der Waals surface area contributed by atoms with Gasteiger partial charge in [0.05, 0.1) is 30.5 Å². The molecule has 0 aromatic heterocycles. The Morgan fingerprint density at radius 3 is 2.57 bits per heavy atom. The van der Waals surface area contributed by atoms with Crippen molar-refractivity contribution in [1.82, 2.24) is 0 Å². The lowest BCUT2D eigenvalue weighted by atomic mass is 10.1. The largest absolute Gasteiger partial charge is 0.496 e. The fourth-order valence-electron chi connectivity index (χ4n) is 1.71. The first-order chi connectivity index (χ1) is 9.76. The quantitative estimate of drug-likeness (QED) is 0.569. The first-order valence-corrected chi connectivity index (χ1v) is 7.94. The Kier molecular flexibility index (Phi) is 5.91. The predicted octanol–water partition coefficient (Wildman–Crippen LogP) is 1.30. The minimum Gasteiger partial charge on any atom is -0.496 e. The third kappa shape index (κ3) is 5.56. The maximum absolute atomic E-state index is 11.1. The molecule has 0 aliphatic heterocycles. The number of rotatable bonds is 8. The average molecular weight is 318 g/mol. The Morgan fingerprint density at radius 2 is 2.10 bits per heavy atom. The summed E-state index contributed by atoms with van der Waals surface area (Å²) in [7, 11) is -2.21. The number of nitro benzene ring substituents is 1. The zero-order chi connectivity index (χ0) is 16.0. The van der Waals surface area contributed by atoms with E-state index in [2.05, 4.69) is 0 Å². The van der Waals surface area contributed by atoms with Gasteiger partial charge in [-0.1, -0.05) is 6.92 Å². The summed E-state index contributed by atoms with van der Waals surface area (Å²) < 4.78 is 32.4. The van der Waals surface area contributed by atoms with Gasteiger partial charge in [0.1, 0.15) is 5.75 Å². The predicted molar refractivity (Wildman–Crippen MR) is 76.9 cm³/mol. The highest BCUT2D eigenvalue weighted by atomic mass is 32.2. The normalized spacial score (nSPS) is 12.7. The third-order valence-electron chi connectivity index (χ3n) is 2.88. The number of benzene rings is 1. The van der Waals surface area contributed by atoms with Crippen LogP contribution in [0.3, 0.4) is 0 Å². The fraction of sp³-hybridized carbons (Fsp3) is 0.500. The number of hydrogen-bond acceptors (Lipinski definition) is 6. The highest BCUT2D eigenvalue weighted by Gasteiger charge is 2.20. The van der Waals surface area contributed by atoms with E-state index in [1.807, 2.05) is 0 Å². The minimum atomic E-state index is -3.61. The standard InChI is InChI=1S/C12H18N2O6S/c1-3-9(8-21(13,17)18)7-20-12-5-4-10(19-2)6-11(12)14(15)16/h4-6,9H,3,7-8H2,1-2H3,(H2,13,17,18). The molecule has 0 spiro atoms. The van der Waals surface area contributed by atoms with Crippen LogP contribution in [0.5, 0.6) is 11.5 Å². The van der Waals surface area contributed by atoms with E-state index in [0.717, 1.165) is 0 Å². The molecule has 118 valence electrons. The second-order valence-corrected chi connectivity index (χ2v) is 6.16. The van der Waals surface area contributed by atoms with Crippen molar-refractivity contribution in [3.63, 3.8) is 0 Å². The van der Waals surface area contributed by atoms with Crippen LogP contribution in [0.4, 0.5) is 5.69 Å². The van der Waals surface area contributed by atoms with Gasteiger partial charge in [0.15, 0.2) is 5.75 Å². The lowest BCUT2D eigenvalue weighted by Crippen LogP contribution is -2.26. The molecule has 0 aliphatic rings. The van der Waals surface area contributed by atoms with Crippen molar-refractivity contribution in [2.45, 2.75) is 13.3 Å². The van der Waals surface area contributed by atoms with E-state index in [0.29, 0.717) is 12.2 Å². The zero-order valence-corrected chi connectivity index (χ0v) is 12.6. The van der Waals surface area contributed by atoms with Gasteiger partial charge in [0.25, 0.3) is 0 Å². The molecule has 0 bridgehead atoms. The van der Waals surface area contributed by atoms with E-state index >= 15 is 0 Å². The number of nitrogens with zero attached hydrogens (tertiary/aromatic N) is 1. The van der Waals surface area contributed by atoms with Crippen LogP contribution in [0.1, 0.15) is 13.3 Å². The number of nitro groups is 1. The number of nitrogens with two attached hydrogens (primary N) is 1. The molecular weight excluding hydrogens is 300 g/mol. The summed E-state index contributed by atoms with van der Waals surface area (Å²) in [5, 5.41) is 16.0. The molecule has 0 aliphatic carbocycles. The Hall–Kier alpha value is -1.87. The molecule has 1 unspecified atom stereocenters. The lowest BCUT2D eigenvalue weighted by Gasteiger charge is -2.15. The summed E-state index contributed by atoms with van der Waals surface area (Å²) in [6.45, 7) is 1.82. The first kappa shape index (κ1) is 17.2. The summed E-state index contributed by atoms with van der Waals surface area (Å²) >= 11 is 0. The number of sulfonamides is 1. The second-order valence-electron chi connectivity index (χ2n) is 4.51. The molecule has 1 atom stereocenters. The topological polar surface area (TPSA) is 122 Å². The lowest BCUT2D eigenvalue weighted by molar-refractivity contribution is -0.386. The van der Waals surface area contributed by atoms with Crippen molar-refractivity contribution < 1.29 is 22.8 Å². The van der Waals surface area contributed by atoms with Gasteiger partial charge in [-0.25, -0.2) is 13.6 Å². The van der Waals surface area contributed by atoms with Gasteiger partial charge >= 0.3 is 5.69 Å². The average Bonchev–Trinajstić information content (AvgIpc) is 2.41. The van der Waals surface area contributed by atoms with Gasteiger partial charge in [0.2, 0.25) is 10.0 Å². The molecule has 9 heteroatoms. The van der Waals surface area contributed by atoms with E-state index in [4.69, 9.17) is 14.6 Å². The maximum Gasteiger partial charge on any atom is 0.314 e. The van der Waals surface area contributed by atoms with E-state index in [9.17, 15) is 18.5 Å². The summed E-state index contributed by atoms with van der Waals surface area (Å²) in [4.78, 5) is 10.4. The molecule has 1 aromatic rings. The van der Waals surface area contributed by atoms with Gasteiger partial charge in [-0.05, 0) is 18.6 Å². The summed E-state index contributed by atoms with van der Waals surface area (Å²) in [6.07, 6.45) is 0.528. The Bertz CT molecular complexity index is 602. The highest BCUT2D eigenvalue weighted by molar-refractivity contribution is 7.89. The smallest absolute Gasteiger partial charge is 0.314 e. The molecule has 1 aromatic carbocycles. The third-order valence-corrected chi connectivity index (χ3v) is 3.82. The van der Waals surface area contributed by atoms with Crippen molar-refractivity contribution in [1.29, 1.82) is 0 Å². The molecule has 0 saturated heterocycles. The van der Waals surface area contributed by atoms with Gasteiger partial charge < -0.3 is 9.47 Å². The van der Waals surface area contributed by atoms with Crippen molar-refractivity contribution in [3.05, 3.63) is 28.3 Å². The SMILES string of the molecule is CCC(COc1ccc(OC)cc1[N+](=O)[O-])CS(N)(=O)=O. The number of methoxy groups -OCH3 is 1. The van der Waals surface area contributed by atoms with Crippen LogP contribution in [-0.4, -0.2) is 32.8 Å².